The molecule has 0 aliphatic heterocycles. The molecule has 5 heteroatoms. The average molecular weight is 297 g/mol. The predicted molar refractivity (Wildman–Crippen MR) is 85.4 cm³/mol. The number of rotatable bonds is 3. The van der Waals surface area contributed by atoms with Gasteiger partial charge in [-0.1, -0.05) is 18.2 Å². The molecule has 0 amide bonds. The molecule has 0 unspecified atom stereocenters. The van der Waals surface area contributed by atoms with E-state index in [1.54, 1.807) is 18.9 Å². The molecule has 0 fully saturated rings. The van der Waals surface area contributed by atoms with Crippen LogP contribution in [-0.4, -0.2) is 22.9 Å². The van der Waals surface area contributed by atoms with Crippen molar-refractivity contribution in [2.75, 3.05) is 13.4 Å². The number of hydrogen-bond donors (Lipinski definition) is 0. The summed E-state index contributed by atoms with van der Waals surface area (Å²) < 4.78 is 7.32. The fraction of sp³-hybridized carbons (Fsp3) is 0.250. The minimum atomic E-state index is 0.343. The van der Waals surface area contributed by atoms with Crippen LogP contribution in [0.15, 0.2) is 29.2 Å². The Bertz CT molecular complexity index is 877. The van der Waals surface area contributed by atoms with Crippen LogP contribution in [0.1, 0.15) is 11.3 Å². The quantitative estimate of drug-likeness (QED) is 0.695. The first-order chi connectivity index (χ1) is 10.2. The summed E-state index contributed by atoms with van der Waals surface area (Å²) in [5, 5.41) is 10.6. The van der Waals surface area contributed by atoms with Gasteiger partial charge in [-0.3, -0.25) is 0 Å². The van der Waals surface area contributed by atoms with Crippen LogP contribution in [0.2, 0.25) is 0 Å². The molecule has 21 heavy (non-hydrogen) atoms. The number of methoxy groups -OCH3 is 1. The number of thioether (sulfide) groups is 1. The minimum Gasteiger partial charge on any atom is -0.378 e. The van der Waals surface area contributed by atoms with E-state index in [0.717, 1.165) is 26.8 Å². The molecule has 0 atom stereocenters. The Kier molecular flexibility index (Phi) is 3.58. The highest BCUT2D eigenvalue weighted by Crippen LogP contribution is 2.36. The molecular formula is C16H15N3OS. The standard InChI is InChI=1S/C16H15N3OS/c1-19-13-7-5-4-6-10(13)14-15(19)16(21-3)11(8-17)12(18-14)9-20-2/h4-7H,9H2,1-3H3. The Morgan fingerprint density at radius 3 is 2.81 bits per heavy atom. The van der Waals surface area contributed by atoms with Gasteiger partial charge < -0.3 is 9.30 Å². The number of pyridine rings is 1. The zero-order valence-corrected chi connectivity index (χ0v) is 13.0. The molecule has 0 saturated carbocycles. The average Bonchev–Trinajstić information content (AvgIpc) is 2.80. The van der Waals surface area contributed by atoms with Crippen molar-refractivity contribution >= 4 is 33.7 Å². The van der Waals surface area contributed by atoms with Crippen molar-refractivity contribution in [2.24, 2.45) is 7.05 Å². The molecule has 3 aromatic rings. The summed E-state index contributed by atoms with van der Waals surface area (Å²) in [6, 6.07) is 10.5. The normalized spacial score (nSPS) is 11.1. The predicted octanol–water partition coefficient (Wildman–Crippen LogP) is 3.47. The van der Waals surface area contributed by atoms with Gasteiger partial charge in [0, 0.05) is 19.5 Å². The fourth-order valence-electron chi connectivity index (χ4n) is 2.74. The molecule has 4 nitrogen and oxygen atoms in total. The third-order valence-electron chi connectivity index (χ3n) is 3.65. The van der Waals surface area contributed by atoms with Crippen molar-refractivity contribution in [1.29, 1.82) is 5.26 Å². The SMILES string of the molecule is COCc1nc2c3ccccc3n(C)c2c(SC)c1C#N. The van der Waals surface area contributed by atoms with Crippen LogP contribution in [0.4, 0.5) is 0 Å². The van der Waals surface area contributed by atoms with Crippen molar-refractivity contribution in [3.63, 3.8) is 0 Å². The highest BCUT2D eigenvalue weighted by Gasteiger charge is 2.19. The maximum Gasteiger partial charge on any atom is 0.102 e. The van der Waals surface area contributed by atoms with Crippen LogP contribution >= 0.6 is 11.8 Å². The molecule has 2 aromatic heterocycles. The third kappa shape index (κ3) is 1.99. The molecule has 0 bridgehead atoms. The third-order valence-corrected chi connectivity index (χ3v) is 4.46. The monoisotopic (exact) mass is 297 g/mol. The number of hydrogen-bond acceptors (Lipinski definition) is 4. The van der Waals surface area contributed by atoms with Gasteiger partial charge in [0.15, 0.2) is 0 Å². The van der Waals surface area contributed by atoms with E-state index in [1.807, 2.05) is 25.4 Å². The number of para-hydroxylation sites is 1. The summed E-state index contributed by atoms with van der Waals surface area (Å²) in [4.78, 5) is 5.68. The fourth-order valence-corrected chi connectivity index (χ4v) is 3.54. The molecule has 0 N–H and O–H groups in total. The van der Waals surface area contributed by atoms with Gasteiger partial charge >= 0.3 is 0 Å². The highest BCUT2D eigenvalue weighted by molar-refractivity contribution is 7.98. The molecular weight excluding hydrogens is 282 g/mol. The van der Waals surface area contributed by atoms with Gasteiger partial charge in [-0.25, -0.2) is 4.98 Å². The Morgan fingerprint density at radius 2 is 2.14 bits per heavy atom. The van der Waals surface area contributed by atoms with E-state index in [-0.39, 0.29) is 0 Å². The lowest BCUT2D eigenvalue weighted by Crippen LogP contribution is -2.01. The molecule has 1 aromatic carbocycles. The van der Waals surface area contributed by atoms with Gasteiger partial charge in [0.05, 0.1) is 39.3 Å². The zero-order valence-electron chi connectivity index (χ0n) is 12.2. The lowest BCUT2D eigenvalue weighted by atomic mass is 10.1. The van der Waals surface area contributed by atoms with Gasteiger partial charge in [0.2, 0.25) is 0 Å². The molecule has 0 aliphatic rings. The van der Waals surface area contributed by atoms with E-state index < -0.39 is 0 Å². The smallest absolute Gasteiger partial charge is 0.102 e. The number of fused-ring (bicyclic) bond motifs is 3. The number of aromatic nitrogens is 2. The lowest BCUT2D eigenvalue weighted by molar-refractivity contribution is 0.181. The Balaban J connectivity index is 2.54. The molecule has 0 spiro atoms. The Morgan fingerprint density at radius 1 is 1.38 bits per heavy atom. The molecule has 0 radical (unpaired) electrons. The largest absolute Gasteiger partial charge is 0.378 e. The van der Waals surface area contributed by atoms with Gasteiger partial charge in [-0.15, -0.1) is 11.8 Å². The lowest BCUT2D eigenvalue weighted by Gasteiger charge is -2.09. The van der Waals surface area contributed by atoms with E-state index in [9.17, 15) is 5.26 Å². The topological polar surface area (TPSA) is 50.8 Å². The van der Waals surface area contributed by atoms with E-state index in [1.165, 1.54) is 0 Å². The van der Waals surface area contributed by atoms with Crippen molar-refractivity contribution in [3.05, 3.63) is 35.5 Å². The van der Waals surface area contributed by atoms with Crippen molar-refractivity contribution in [3.8, 4) is 6.07 Å². The Hall–Kier alpha value is -2.03. The van der Waals surface area contributed by atoms with E-state index in [2.05, 4.69) is 22.8 Å². The summed E-state index contributed by atoms with van der Waals surface area (Å²) in [7, 11) is 3.64. The number of nitriles is 1. The second kappa shape index (κ2) is 5.40. The number of benzene rings is 1. The van der Waals surface area contributed by atoms with Crippen LogP contribution in [0.5, 0.6) is 0 Å². The second-order valence-corrected chi connectivity index (χ2v) is 5.60. The first-order valence-electron chi connectivity index (χ1n) is 6.56. The Labute approximate surface area is 127 Å². The summed E-state index contributed by atoms with van der Waals surface area (Å²) in [6.07, 6.45) is 1.99. The van der Waals surface area contributed by atoms with Gasteiger partial charge in [0.25, 0.3) is 0 Å². The first kappa shape index (κ1) is 13.9. The van der Waals surface area contributed by atoms with Gasteiger partial charge in [-0.2, -0.15) is 5.26 Å². The molecule has 0 saturated heterocycles. The minimum absolute atomic E-state index is 0.343. The second-order valence-electron chi connectivity index (χ2n) is 4.78. The van der Waals surface area contributed by atoms with Gasteiger partial charge in [0.1, 0.15) is 6.07 Å². The van der Waals surface area contributed by atoms with Crippen LogP contribution < -0.4 is 0 Å². The molecule has 106 valence electrons. The number of nitrogens with zero attached hydrogens (tertiary/aromatic N) is 3. The van der Waals surface area contributed by atoms with Crippen molar-refractivity contribution in [1.82, 2.24) is 9.55 Å². The summed E-state index contributed by atoms with van der Waals surface area (Å²) in [6.45, 7) is 0.343. The zero-order chi connectivity index (χ0) is 15.0. The van der Waals surface area contributed by atoms with Crippen LogP contribution in [0, 0.1) is 11.3 Å². The van der Waals surface area contributed by atoms with Crippen LogP contribution in [-0.2, 0) is 18.4 Å². The maximum atomic E-state index is 9.51. The van der Waals surface area contributed by atoms with E-state index in [4.69, 9.17) is 9.72 Å². The first-order valence-corrected chi connectivity index (χ1v) is 7.78. The number of aryl methyl sites for hydroxylation is 1. The summed E-state index contributed by atoms with van der Waals surface area (Å²) >= 11 is 1.58. The van der Waals surface area contributed by atoms with Crippen LogP contribution in [0.25, 0.3) is 21.9 Å². The van der Waals surface area contributed by atoms with Crippen molar-refractivity contribution in [2.45, 2.75) is 11.5 Å². The van der Waals surface area contributed by atoms with E-state index >= 15 is 0 Å². The maximum absolute atomic E-state index is 9.51. The van der Waals surface area contributed by atoms with Gasteiger partial charge in [-0.05, 0) is 12.3 Å². The van der Waals surface area contributed by atoms with Crippen LogP contribution in [0.3, 0.4) is 0 Å². The van der Waals surface area contributed by atoms with Crippen molar-refractivity contribution < 1.29 is 4.74 Å². The number of ether oxygens (including phenoxy) is 1. The highest BCUT2D eigenvalue weighted by atomic mass is 32.2. The molecule has 3 rings (SSSR count). The summed E-state index contributed by atoms with van der Waals surface area (Å²) in [5.74, 6) is 0. The molecule has 0 aliphatic carbocycles. The van der Waals surface area contributed by atoms with E-state index in [0.29, 0.717) is 17.9 Å². The summed E-state index contributed by atoms with van der Waals surface area (Å²) in [5.41, 5.74) is 4.38. The molecule has 2 heterocycles.